The molecule has 0 atom stereocenters. The predicted octanol–water partition coefficient (Wildman–Crippen LogP) is 5.15. The maximum atomic E-state index is 3.82. The Balaban J connectivity index is 2.58. The molecule has 2 aromatic rings. The summed E-state index contributed by atoms with van der Waals surface area (Å²) in [7, 11) is 0. The van der Waals surface area contributed by atoms with Crippen LogP contribution in [0.4, 0.5) is 5.69 Å². The summed E-state index contributed by atoms with van der Waals surface area (Å²) in [6.45, 7) is 9.15. The summed E-state index contributed by atoms with van der Waals surface area (Å²) < 4.78 is 0. The topological polar surface area (TPSA) is 3.24 Å². The second-order valence-corrected chi connectivity index (χ2v) is 4.49. The van der Waals surface area contributed by atoms with Crippen LogP contribution in [-0.2, 0) is 0 Å². The first-order valence-corrected chi connectivity index (χ1v) is 6.88. The molecular weight excluding hydrogens is 230 g/mol. The average Bonchev–Trinajstić information content (AvgIpc) is 2.47. The normalized spacial score (nSPS) is 11.6. The molecule has 0 aliphatic carbocycles. The zero-order valence-electron chi connectivity index (χ0n) is 11.8. The van der Waals surface area contributed by atoms with Gasteiger partial charge in [0.1, 0.15) is 0 Å². The largest absolute Gasteiger partial charge is 0.345 e. The third-order valence-corrected chi connectivity index (χ3v) is 3.39. The van der Waals surface area contributed by atoms with Gasteiger partial charge in [-0.2, -0.15) is 0 Å². The molecule has 0 aliphatic rings. The van der Waals surface area contributed by atoms with Crippen LogP contribution in [-0.4, -0.2) is 6.54 Å². The summed E-state index contributed by atoms with van der Waals surface area (Å²) in [5, 5.41) is 2.59. The third kappa shape index (κ3) is 2.70. The number of hydrogen-bond acceptors (Lipinski definition) is 1. The van der Waals surface area contributed by atoms with E-state index in [1.807, 2.05) is 6.08 Å². The minimum Gasteiger partial charge on any atom is -0.345 e. The lowest BCUT2D eigenvalue weighted by atomic mass is 10.1. The Morgan fingerprint density at radius 3 is 2.53 bits per heavy atom. The van der Waals surface area contributed by atoms with E-state index in [1.54, 1.807) is 0 Å². The van der Waals surface area contributed by atoms with Gasteiger partial charge in [-0.1, -0.05) is 56.0 Å². The monoisotopic (exact) mass is 251 g/mol. The molecule has 1 heteroatoms. The van der Waals surface area contributed by atoms with E-state index in [0.29, 0.717) is 0 Å². The van der Waals surface area contributed by atoms with Crippen LogP contribution >= 0.6 is 0 Å². The fourth-order valence-electron chi connectivity index (χ4n) is 2.51. The van der Waals surface area contributed by atoms with Crippen LogP contribution in [0.2, 0.25) is 0 Å². The highest BCUT2D eigenvalue weighted by molar-refractivity contribution is 5.94. The Kier molecular flexibility index (Phi) is 4.40. The molecule has 19 heavy (non-hydrogen) atoms. The number of anilines is 1. The molecule has 0 saturated carbocycles. The SMILES string of the molecule is C=C/C=C(\CC)N(CC)c1cccc2ccccc12. The Morgan fingerprint density at radius 1 is 1.11 bits per heavy atom. The molecule has 1 nitrogen and oxygen atoms in total. The molecule has 2 aromatic carbocycles. The number of hydrogen-bond donors (Lipinski definition) is 0. The molecule has 0 unspecified atom stereocenters. The summed E-state index contributed by atoms with van der Waals surface area (Å²) in [6, 6.07) is 15.0. The maximum absolute atomic E-state index is 3.82. The van der Waals surface area contributed by atoms with Crippen LogP contribution < -0.4 is 4.90 Å². The molecule has 0 radical (unpaired) electrons. The number of rotatable bonds is 5. The lowest BCUT2D eigenvalue weighted by Gasteiger charge is -2.27. The first kappa shape index (κ1) is 13.4. The quantitative estimate of drug-likeness (QED) is 0.664. The van der Waals surface area contributed by atoms with Gasteiger partial charge in [0.2, 0.25) is 0 Å². The number of allylic oxidation sites excluding steroid dienone is 3. The summed E-state index contributed by atoms with van der Waals surface area (Å²) in [6.07, 6.45) is 4.97. The molecule has 0 N–H and O–H groups in total. The molecule has 0 heterocycles. The summed E-state index contributed by atoms with van der Waals surface area (Å²) in [5.41, 5.74) is 2.57. The van der Waals surface area contributed by atoms with Crippen LogP contribution in [0, 0.1) is 0 Å². The van der Waals surface area contributed by atoms with Crippen LogP contribution in [0.3, 0.4) is 0 Å². The Hall–Kier alpha value is -2.02. The van der Waals surface area contributed by atoms with Gasteiger partial charge < -0.3 is 4.90 Å². The first-order valence-electron chi connectivity index (χ1n) is 6.88. The molecule has 0 spiro atoms. The van der Waals surface area contributed by atoms with Crippen LogP contribution in [0.25, 0.3) is 10.8 Å². The Morgan fingerprint density at radius 2 is 1.84 bits per heavy atom. The van der Waals surface area contributed by atoms with Crippen molar-refractivity contribution in [2.24, 2.45) is 0 Å². The lowest BCUT2D eigenvalue weighted by molar-refractivity contribution is 0.898. The molecule has 0 amide bonds. The van der Waals surface area contributed by atoms with E-state index in [2.05, 4.69) is 73.9 Å². The summed E-state index contributed by atoms with van der Waals surface area (Å²) in [5.74, 6) is 0. The zero-order valence-corrected chi connectivity index (χ0v) is 11.8. The smallest absolute Gasteiger partial charge is 0.0487 e. The zero-order chi connectivity index (χ0) is 13.7. The van der Waals surface area contributed by atoms with E-state index in [1.165, 1.54) is 22.2 Å². The fraction of sp³-hybridized carbons (Fsp3) is 0.222. The van der Waals surface area contributed by atoms with E-state index < -0.39 is 0 Å². The minimum atomic E-state index is 0.960. The van der Waals surface area contributed by atoms with Crippen molar-refractivity contribution in [2.75, 3.05) is 11.4 Å². The predicted molar refractivity (Wildman–Crippen MR) is 85.5 cm³/mol. The maximum Gasteiger partial charge on any atom is 0.0487 e. The fourth-order valence-corrected chi connectivity index (χ4v) is 2.51. The summed E-state index contributed by atoms with van der Waals surface area (Å²) >= 11 is 0. The van der Waals surface area contributed by atoms with Crippen molar-refractivity contribution in [3.63, 3.8) is 0 Å². The molecule has 0 aromatic heterocycles. The average molecular weight is 251 g/mol. The van der Waals surface area contributed by atoms with E-state index in [-0.39, 0.29) is 0 Å². The Labute approximate surface area is 115 Å². The molecular formula is C18H21N. The van der Waals surface area contributed by atoms with Gasteiger partial charge >= 0.3 is 0 Å². The first-order chi connectivity index (χ1) is 9.31. The van der Waals surface area contributed by atoms with E-state index in [9.17, 15) is 0 Å². The number of nitrogens with zero attached hydrogens (tertiary/aromatic N) is 1. The lowest BCUT2D eigenvalue weighted by Crippen LogP contribution is -2.21. The molecule has 98 valence electrons. The van der Waals surface area contributed by atoms with E-state index in [4.69, 9.17) is 0 Å². The highest BCUT2D eigenvalue weighted by Gasteiger charge is 2.10. The van der Waals surface area contributed by atoms with Crippen molar-refractivity contribution in [3.8, 4) is 0 Å². The Bertz CT molecular complexity index is 590. The van der Waals surface area contributed by atoms with Crippen molar-refractivity contribution < 1.29 is 0 Å². The van der Waals surface area contributed by atoms with Crippen molar-refractivity contribution in [2.45, 2.75) is 20.3 Å². The van der Waals surface area contributed by atoms with Crippen molar-refractivity contribution >= 4 is 16.5 Å². The minimum absolute atomic E-state index is 0.960. The van der Waals surface area contributed by atoms with Gasteiger partial charge in [0.15, 0.2) is 0 Å². The second kappa shape index (κ2) is 6.24. The van der Waals surface area contributed by atoms with Crippen molar-refractivity contribution in [1.29, 1.82) is 0 Å². The summed E-state index contributed by atoms with van der Waals surface area (Å²) in [4.78, 5) is 2.37. The highest BCUT2D eigenvalue weighted by atomic mass is 15.1. The number of fused-ring (bicyclic) bond motifs is 1. The van der Waals surface area contributed by atoms with Crippen LogP contribution in [0.1, 0.15) is 20.3 Å². The van der Waals surface area contributed by atoms with Crippen molar-refractivity contribution in [1.82, 2.24) is 0 Å². The highest BCUT2D eigenvalue weighted by Crippen LogP contribution is 2.29. The van der Waals surface area contributed by atoms with E-state index >= 15 is 0 Å². The molecule has 0 fully saturated rings. The van der Waals surface area contributed by atoms with Gasteiger partial charge in [-0.05, 0) is 30.9 Å². The molecule has 0 aliphatic heterocycles. The third-order valence-electron chi connectivity index (χ3n) is 3.39. The van der Waals surface area contributed by atoms with Crippen LogP contribution in [0.5, 0.6) is 0 Å². The van der Waals surface area contributed by atoms with Crippen molar-refractivity contribution in [3.05, 3.63) is 66.9 Å². The standard InChI is InChI=1S/C18H21N/c1-4-10-16(5-2)19(6-3)18-14-9-12-15-11-7-8-13-17(15)18/h4,7-14H,1,5-6H2,2-3H3/b16-10+. The van der Waals surface area contributed by atoms with Gasteiger partial charge in [-0.25, -0.2) is 0 Å². The number of benzene rings is 2. The molecule has 2 rings (SSSR count). The van der Waals surface area contributed by atoms with Crippen LogP contribution in [0.15, 0.2) is 66.9 Å². The molecule has 0 bridgehead atoms. The van der Waals surface area contributed by atoms with Gasteiger partial charge in [-0.3, -0.25) is 0 Å². The van der Waals surface area contributed by atoms with E-state index in [0.717, 1.165) is 13.0 Å². The van der Waals surface area contributed by atoms with Gasteiger partial charge in [0.05, 0.1) is 0 Å². The van der Waals surface area contributed by atoms with Gasteiger partial charge in [0, 0.05) is 23.3 Å². The molecule has 0 saturated heterocycles. The second-order valence-electron chi connectivity index (χ2n) is 4.49. The van der Waals surface area contributed by atoms with Gasteiger partial charge in [0.25, 0.3) is 0 Å². The van der Waals surface area contributed by atoms with Gasteiger partial charge in [-0.15, -0.1) is 0 Å².